The number of nitrogens with zero attached hydrogens (tertiary/aromatic N) is 2. The summed E-state index contributed by atoms with van der Waals surface area (Å²) in [4.78, 5) is 17.1. The second kappa shape index (κ2) is 10.6. The third-order valence-electron chi connectivity index (χ3n) is 6.36. The predicted molar refractivity (Wildman–Crippen MR) is 140 cm³/mol. The topological polar surface area (TPSA) is 81.1 Å². The first-order valence-electron chi connectivity index (χ1n) is 12.2. The molecular formula is C28H28F3N3O3S. The average Bonchev–Trinajstić information content (AvgIpc) is 3.24. The van der Waals surface area contributed by atoms with E-state index in [1.807, 2.05) is 24.5 Å². The third-order valence-corrected chi connectivity index (χ3v) is 8.08. The van der Waals surface area contributed by atoms with Gasteiger partial charge in [0.05, 0.1) is 28.5 Å². The first-order valence-corrected chi connectivity index (χ1v) is 13.8. The van der Waals surface area contributed by atoms with Crippen molar-refractivity contribution >= 4 is 26.6 Å². The molecule has 0 radical (unpaired) electrons. The normalized spacial score (nSPS) is 12.3. The molecule has 0 fully saturated rings. The number of sulfone groups is 1. The maximum Gasteiger partial charge on any atom is 0.416 e. The van der Waals surface area contributed by atoms with Crippen molar-refractivity contribution in [3.63, 3.8) is 0 Å². The molecule has 1 N–H and O–H groups in total. The van der Waals surface area contributed by atoms with Gasteiger partial charge in [-0.2, -0.15) is 13.2 Å². The molecule has 2 aromatic heterocycles. The highest BCUT2D eigenvalue weighted by Gasteiger charge is 2.33. The van der Waals surface area contributed by atoms with E-state index in [2.05, 4.69) is 10.3 Å². The van der Waals surface area contributed by atoms with Gasteiger partial charge in [0.15, 0.2) is 9.84 Å². The molecular weight excluding hydrogens is 515 g/mol. The van der Waals surface area contributed by atoms with Crippen LogP contribution in [-0.4, -0.2) is 29.6 Å². The number of carbonyl (C=O) groups is 1. The number of rotatable bonds is 8. The summed E-state index contributed by atoms with van der Waals surface area (Å²) in [6.45, 7) is 5.59. The van der Waals surface area contributed by atoms with Crippen molar-refractivity contribution in [3.8, 4) is 0 Å². The zero-order valence-electron chi connectivity index (χ0n) is 21.2. The molecule has 2 aromatic carbocycles. The molecule has 0 spiro atoms. The Bertz CT molecular complexity index is 1570. The van der Waals surface area contributed by atoms with Crippen LogP contribution in [0.4, 0.5) is 13.2 Å². The van der Waals surface area contributed by atoms with E-state index in [-0.39, 0.29) is 41.1 Å². The Morgan fingerprint density at radius 2 is 1.79 bits per heavy atom. The maximum absolute atomic E-state index is 13.6. The zero-order chi connectivity index (χ0) is 27.7. The van der Waals surface area contributed by atoms with Crippen LogP contribution >= 0.6 is 0 Å². The van der Waals surface area contributed by atoms with Gasteiger partial charge in [-0.15, -0.1) is 0 Å². The minimum absolute atomic E-state index is 0.00852. The smallest absolute Gasteiger partial charge is 0.346 e. The molecule has 2 heterocycles. The first kappa shape index (κ1) is 27.4. The van der Waals surface area contributed by atoms with E-state index in [0.29, 0.717) is 11.3 Å². The van der Waals surface area contributed by atoms with Crippen LogP contribution in [0.3, 0.4) is 0 Å². The van der Waals surface area contributed by atoms with Crippen LogP contribution in [0.1, 0.15) is 59.7 Å². The molecule has 200 valence electrons. The van der Waals surface area contributed by atoms with E-state index in [1.54, 1.807) is 37.3 Å². The van der Waals surface area contributed by atoms with Crippen LogP contribution in [0, 0.1) is 0 Å². The number of nitrogens with one attached hydrogen (secondary N) is 1. The quantitative estimate of drug-likeness (QED) is 0.298. The Balaban J connectivity index is 1.57. The molecule has 0 aliphatic rings. The second-order valence-electron chi connectivity index (χ2n) is 9.28. The van der Waals surface area contributed by atoms with Crippen molar-refractivity contribution in [2.75, 3.05) is 5.75 Å². The molecule has 4 aromatic rings. The fourth-order valence-electron chi connectivity index (χ4n) is 4.47. The summed E-state index contributed by atoms with van der Waals surface area (Å²) < 4.78 is 66.5. The van der Waals surface area contributed by atoms with E-state index in [4.69, 9.17) is 0 Å². The summed E-state index contributed by atoms with van der Waals surface area (Å²) in [6.07, 6.45) is -3.07. The van der Waals surface area contributed by atoms with Gasteiger partial charge in [0, 0.05) is 40.8 Å². The number of carbonyl (C=O) groups excluding carboxylic acids is 1. The van der Waals surface area contributed by atoms with Crippen LogP contribution in [0.2, 0.25) is 0 Å². The van der Waals surface area contributed by atoms with Crippen LogP contribution in [-0.2, 0) is 29.0 Å². The van der Waals surface area contributed by atoms with E-state index >= 15 is 0 Å². The number of amides is 1. The molecule has 0 aliphatic carbocycles. The number of fused-ring (bicyclic) bond motifs is 1. The van der Waals surface area contributed by atoms with Crippen LogP contribution in [0.25, 0.3) is 10.9 Å². The number of hydrogen-bond acceptors (Lipinski definition) is 4. The number of hydrogen-bond donors (Lipinski definition) is 1. The molecule has 0 unspecified atom stereocenters. The molecule has 0 bridgehead atoms. The largest absolute Gasteiger partial charge is 0.416 e. The Hall–Kier alpha value is -3.66. The zero-order valence-corrected chi connectivity index (χ0v) is 22.0. The fraction of sp³-hybridized carbons (Fsp3) is 0.286. The van der Waals surface area contributed by atoms with Gasteiger partial charge in [0.25, 0.3) is 5.91 Å². The lowest BCUT2D eigenvalue weighted by atomic mass is 10.0. The van der Waals surface area contributed by atoms with Crippen molar-refractivity contribution in [2.24, 2.45) is 0 Å². The molecule has 1 amide bonds. The average molecular weight is 544 g/mol. The lowest BCUT2D eigenvalue weighted by Gasteiger charge is -2.17. The fourth-order valence-corrected chi connectivity index (χ4v) is 5.29. The molecule has 4 rings (SSSR count). The van der Waals surface area contributed by atoms with Gasteiger partial charge >= 0.3 is 6.18 Å². The van der Waals surface area contributed by atoms with Gasteiger partial charge in [0.2, 0.25) is 0 Å². The van der Waals surface area contributed by atoms with Crippen molar-refractivity contribution in [1.29, 1.82) is 0 Å². The third kappa shape index (κ3) is 5.75. The minimum atomic E-state index is -4.45. The summed E-state index contributed by atoms with van der Waals surface area (Å²) in [7, 11) is -3.36. The maximum atomic E-state index is 13.6. The molecule has 0 atom stereocenters. The van der Waals surface area contributed by atoms with Crippen LogP contribution in [0.15, 0.2) is 71.8 Å². The number of aromatic nitrogens is 2. The highest BCUT2D eigenvalue weighted by molar-refractivity contribution is 7.91. The van der Waals surface area contributed by atoms with Crippen LogP contribution in [0.5, 0.6) is 0 Å². The molecule has 38 heavy (non-hydrogen) atoms. The van der Waals surface area contributed by atoms with Gasteiger partial charge in [-0.3, -0.25) is 9.78 Å². The van der Waals surface area contributed by atoms with Gasteiger partial charge in [-0.25, -0.2) is 8.42 Å². The monoisotopic (exact) mass is 543 g/mol. The van der Waals surface area contributed by atoms with Crippen molar-refractivity contribution < 1.29 is 26.4 Å². The minimum Gasteiger partial charge on any atom is -0.346 e. The Kier molecular flexibility index (Phi) is 7.64. The van der Waals surface area contributed by atoms with Gasteiger partial charge in [0.1, 0.15) is 0 Å². The van der Waals surface area contributed by atoms with Gasteiger partial charge in [-0.1, -0.05) is 25.1 Å². The van der Waals surface area contributed by atoms with Crippen molar-refractivity contribution in [3.05, 3.63) is 94.9 Å². The molecule has 0 saturated heterocycles. The first-order chi connectivity index (χ1) is 17.9. The molecule has 10 heteroatoms. The number of pyridine rings is 1. The van der Waals surface area contributed by atoms with E-state index in [1.165, 1.54) is 24.4 Å². The summed E-state index contributed by atoms with van der Waals surface area (Å²) in [5.74, 6) is -0.372. The van der Waals surface area contributed by atoms with Crippen molar-refractivity contribution in [2.45, 2.75) is 50.9 Å². The number of alkyl halides is 3. The summed E-state index contributed by atoms with van der Waals surface area (Å²) in [6, 6.07) is 15.6. The highest BCUT2D eigenvalue weighted by Crippen LogP contribution is 2.34. The van der Waals surface area contributed by atoms with Crippen LogP contribution < -0.4 is 5.32 Å². The Morgan fingerprint density at radius 1 is 1.05 bits per heavy atom. The highest BCUT2D eigenvalue weighted by atomic mass is 32.2. The molecule has 0 saturated carbocycles. The molecule has 6 nitrogen and oxygen atoms in total. The summed E-state index contributed by atoms with van der Waals surface area (Å²) in [5, 5.41) is 3.53. The SMILES string of the molecule is CCS(=O)(=O)c1ccc(CNC(=O)c2ccc3c(c2)cc(Cc2ccccc2C(F)(F)F)n3C(C)C)nc1. The predicted octanol–water partition coefficient (Wildman–Crippen LogP) is 5.95. The lowest BCUT2D eigenvalue weighted by molar-refractivity contribution is -0.138. The Morgan fingerprint density at radius 3 is 2.42 bits per heavy atom. The number of halogens is 3. The standard InChI is InChI=1S/C28H28F3N3O3S/c1-4-38(36,37)24-11-10-22(32-17-24)16-33-27(35)20-9-12-26-21(13-20)15-23(34(26)18(2)3)14-19-7-5-6-8-25(19)28(29,30)31/h5-13,15,17-18H,4,14,16H2,1-3H3,(H,33,35). The lowest BCUT2D eigenvalue weighted by Crippen LogP contribution is -2.23. The van der Waals surface area contributed by atoms with Gasteiger partial charge in [-0.05, 0) is 61.9 Å². The van der Waals surface area contributed by atoms with E-state index < -0.39 is 21.6 Å². The summed E-state index contributed by atoms with van der Waals surface area (Å²) >= 11 is 0. The van der Waals surface area contributed by atoms with E-state index in [0.717, 1.165) is 22.7 Å². The summed E-state index contributed by atoms with van der Waals surface area (Å²) in [5.41, 5.74) is 1.97. The second-order valence-corrected chi connectivity index (χ2v) is 11.6. The molecule has 0 aliphatic heterocycles. The Labute approximate surface area is 219 Å². The van der Waals surface area contributed by atoms with Gasteiger partial charge < -0.3 is 9.88 Å². The van der Waals surface area contributed by atoms with E-state index in [9.17, 15) is 26.4 Å². The van der Waals surface area contributed by atoms with Crippen molar-refractivity contribution in [1.82, 2.24) is 14.9 Å². The number of benzene rings is 2.